The summed E-state index contributed by atoms with van der Waals surface area (Å²) in [4.78, 5) is 10.8. The number of ether oxygens (including phenoxy) is 1. The Morgan fingerprint density at radius 3 is 2.63 bits per heavy atom. The molecule has 0 fully saturated rings. The summed E-state index contributed by atoms with van der Waals surface area (Å²) in [5.74, 6) is -0.481. The van der Waals surface area contributed by atoms with Gasteiger partial charge >= 0.3 is 5.97 Å². The summed E-state index contributed by atoms with van der Waals surface area (Å²) in [6.45, 7) is 2.31. The molecular formula is C13H10Cl2O4. The van der Waals surface area contributed by atoms with E-state index in [0.29, 0.717) is 33.7 Å². The van der Waals surface area contributed by atoms with Gasteiger partial charge in [-0.3, -0.25) is 0 Å². The summed E-state index contributed by atoms with van der Waals surface area (Å²) in [5.41, 5.74) is 0.516. The minimum Gasteiger partial charge on any atom is -0.492 e. The molecule has 0 amide bonds. The number of carbonyl (C=O) groups is 1. The molecule has 0 aliphatic carbocycles. The number of carboxylic acid groups (broad SMARTS) is 1. The van der Waals surface area contributed by atoms with Crippen LogP contribution >= 0.6 is 23.2 Å². The first-order valence-electron chi connectivity index (χ1n) is 5.48. The topological polar surface area (TPSA) is 59.7 Å². The minimum absolute atomic E-state index is 0.156. The number of hydrogen-bond donors (Lipinski definition) is 1. The maximum absolute atomic E-state index is 10.8. The lowest BCUT2D eigenvalue weighted by molar-refractivity contribution is 0.0663. The number of hydrogen-bond acceptors (Lipinski definition) is 3. The van der Waals surface area contributed by atoms with Gasteiger partial charge in [0.15, 0.2) is 0 Å². The van der Waals surface area contributed by atoms with E-state index in [0.717, 1.165) is 0 Å². The highest BCUT2D eigenvalue weighted by Crippen LogP contribution is 2.37. The summed E-state index contributed by atoms with van der Waals surface area (Å²) in [6.07, 6.45) is 0. The van der Waals surface area contributed by atoms with Crippen LogP contribution in [-0.4, -0.2) is 17.7 Å². The lowest BCUT2D eigenvalue weighted by Gasteiger charge is -2.08. The van der Waals surface area contributed by atoms with Crippen LogP contribution < -0.4 is 4.74 Å². The summed E-state index contributed by atoms with van der Waals surface area (Å²) in [7, 11) is 0. The highest BCUT2D eigenvalue weighted by molar-refractivity contribution is 6.36. The number of halogens is 2. The fourth-order valence-electron chi connectivity index (χ4n) is 1.58. The van der Waals surface area contributed by atoms with Crippen molar-refractivity contribution in [2.45, 2.75) is 6.92 Å². The molecule has 0 spiro atoms. The van der Waals surface area contributed by atoms with E-state index >= 15 is 0 Å². The van der Waals surface area contributed by atoms with E-state index in [1.807, 2.05) is 6.92 Å². The molecule has 0 aliphatic rings. The average molecular weight is 301 g/mol. The van der Waals surface area contributed by atoms with Crippen LogP contribution in [0.2, 0.25) is 10.0 Å². The van der Waals surface area contributed by atoms with Gasteiger partial charge in [0, 0.05) is 11.6 Å². The highest BCUT2D eigenvalue weighted by atomic mass is 35.5. The average Bonchev–Trinajstić information content (AvgIpc) is 2.83. The second kappa shape index (κ2) is 5.55. The maximum atomic E-state index is 10.8. The molecule has 0 radical (unpaired) electrons. The normalized spacial score (nSPS) is 10.5. The van der Waals surface area contributed by atoms with Crippen LogP contribution in [0.25, 0.3) is 11.3 Å². The van der Waals surface area contributed by atoms with Gasteiger partial charge in [0.1, 0.15) is 11.5 Å². The molecule has 1 aromatic heterocycles. The first kappa shape index (κ1) is 13.8. The monoisotopic (exact) mass is 300 g/mol. The van der Waals surface area contributed by atoms with E-state index in [2.05, 4.69) is 0 Å². The smallest absolute Gasteiger partial charge is 0.371 e. The van der Waals surface area contributed by atoms with Gasteiger partial charge in [0.2, 0.25) is 5.76 Å². The zero-order chi connectivity index (χ0) is 14.0. The van der Waals surface area contributed by atoms with E-state index in [-0.39, 0.29) is 5.76 Å². The Morgan fingerprint density at radius 2 is 2.05 bits per heavy atom. The van der Waals surface area contributed by atoms with Crippen molar-refractivity contribution in [3.63, 3.8) is 0 Å². The van der Waals surface area contributed by atoms with Crippen molar-refractivity contribution < 1.29 is 19.1 Å². The molecule has 0 aliphatic heterocycles. The zero-order valence-corrected chi connectivity index (χ0v) is 11.5. The van der Waals surface area contributed by atoms with Crippen molar-refractivity contribution in [2.75, 3.05) is 6.61 Å². The first-order valence-corrected chi connectivity index (χ1v) is 6.24. The predicted molar refractivity (Wildman–Crippen MR) is 72.3 cm³/mol. The van der Waals surface area contributed by atoms with Crippen molar-refractivity contribution in [2.24, 2.45) is 0 Å². The van der Waals surface area contributed by atoms with Crippen LogP contribution in [-0.2, 0) is 0 Å². The van der Waals surface area contributed by atoms with Gasteiger partial charge in [0.25, 0.3) is 0 Å². The van der Waals surface area contributed by atoms with Crippen LogP contribution in [0, 0.1) is 0 Å². The molecule has 0 saturated heterocycles. The standard InChI is InChI=1S/C13H10Cl2O4/c1-2-18-12-6-8(14)7(5-9(12)15)10-3-4-11(19-10)13(16)17/h3-6H,2H2,1H3,(H,16,17). The Kier molecular flexibility index (Phi) is 4.02. The van der Waals surface area contributed by atoms with Crippen LogP contribution in [0.1, 0.15) is 17.5 Å². The third-order valence-corrected chi connectivity index (χ3v) is 3.01. The van der Waals surface area contributed by atoms with Gasteiger partial charge in [-0.2, -0.15) is 0 Å². The second-order valence-electron chi connectivity index (χ2n) is 3.66. The number of carboxylic acids is 1. The molecule has 0 bridgehead atoms. The fraction of sp³-hybridized carbons (Fsp3) is 0.154. The van der Waals surface area contributed by atoms with Crippen molar-refractivity contribution in [1.82, 2.24) is 0 Å². The molecule has 0 unspecified atom stereocenters. The van der Waals surface area contributed by atoms with Gasteiger partial charge in [-0.1, -0.05) is 23.2 Å². The quantitative estimate of drug-likeness (QED) is 0.912. The number of benzene rings is 1. The number of furan rings is 1. The van der Waals surface area contributed by atoms with Crippen molar-refractivity contribution >= 4 is 29.2 Å². The SMILES string of the molecule is CCOc1cc(Cl)c(-c2ccc(C(=O)O)o2)cc1Cl. The third kappa shape index (κ3) is 2.85. The van der Waals surface area contributed by atoms with Crippen LogP contribution in [0.15, 0.2) is 28.7 Å². The molecule has 2 rings (SSSR count). The lowest BCUT2D eigenvalue weighted by atomic mass is 10.1. The lowest BCUT2D eigenvalue weighted by Crippen LogP contribution is -1.93. The van der Waals surface area contributed by atoms with Crippen LogP contribution in [0.4, 0.5) is 0 Å². The minimum atomic E-state index is -1.14. The molecule has 100 valence electrons. The van der Waals surface area contributed by atoms with E-state index < -0.39 is 5.97 Å². The Bertz CT molecular complexity index is 619. The van der Waals surface area contributed by atoms with Crippen LogP contribution in [0.3, 0.4) is 0 Å². The Labute approximate surface area is 119 Å². The maximum Gasteiger partial charge on any atom is 0.371 e. The molecule has 1 heterocycles. The largest absolute Gasteiger partial charge is 0.492 e. The second-order valence-corrected chi connectivity index (χ2v) is 4.48. The molecule has 19 heavy (non-hydrogen) atoms. The van der Waals surface area contributed by atoms with Gasteiger partial charge in [0.05, 0.1) is 16.7 Å². The van der Waals surface area contributed by atoms with E-state index in [1.165, 1.54) is 12.1 Å². The third-order valence-electron chi connectivity index (χ3n) is 2.40. The van der Waals surface area contributed by atoms with Crippen LogP contribution in [0.5, 0.6) is 5.75 Å². The molecule has 1 aromatic carbocycles. The summed E-state index contributed by atoms with van der Waals surface area (Å²) in [6, 6.07) is 6.05. The summed E-state index contributed by atoms with van der Waals surface area (Å²) >= 11 is 12.2. The highest BCUT2D eigenvalue weighted by Gasteiger charge is 2.15. The summed E-state index contributed by atoms with van der Waals surface area (Å²) < 4.78 is 10.5. The molecule has 1 N–H and O–H groups in total. The molecular weight excluding hydrogens is 291 g/mol. The van der Waals surface area contributed by atoms with E-state index in [4.69, 9.17) is 37.5 Å². The first-order chi connectivity index (χ1) is 9.02. The molecule has 6 heteroatoms. The molecule has 0 saturated carbocycles. The molecule has 0 atom stereocenters. The Morgan fingerprint density at radius 1 is 1.32 bits per heavy atom. The van der Waals surface area contributed by atoms with Gasteiger partial charge in [-0.05, 0) is 25.1 Å². The van der Waals surface area contributed by atoms with Crippen molar-refractivity contribution in [3.05, 3.63) is 40.1 Å². The summed E-state index contributed by atoms with van der Waals surface area (Å²) in [5, 5.41) is 9.57. The van der Waals surface area contributed by atoms with Gasteiger partial charge in [-0.25, -0.2) is 4.79 Å². The Balaban J connectivity index is 2.44. The van der Waals surface area contributed by atoms with E-state index in [1.54, 1.807) is 12.1 Å². The van der Waals surface area contributed by atoms with Crippen molar-refractivity contribution in [3.8, 4) is 17.1 Å². The predicted octanol–water partition coefficient (Wildman–Crippen LogP) is 4.35. The fourth-order valence-corrected chi connectivity index (χ4v) is 2.05. The number of aromatic carboxylic acids is 1. The van der Waals surface area contributed by atoms with Crippen molar-refractivity contribution in [1.29, 1.82) is 0 Å². The van der Waals surface area contributed by atoms with Gasteiger partial charge in [-0.15, -0.1) is 0 Å². The van der Waals surface area contributed by atoms with Gasteiger partial charge < -0.3 is 14.3 Å². The number of rotatable bonds is 4. The molecule has 2 aromatic rings. The zero-order valence-electron chi connectivity index (χ0n) is 9.94. The molecule has 4 nitrogen and oxygen atoms in total. The Hall–Kier alpha value is -1.65. The van der Waals surface area contributed by atoms with E-state index in [9.17, 15) is 4.79 Å².